The van der Waals surface area contributed by atoms with Gasteiger partial charge in [0.1, 0.15) is 0 Å². The predicted molar refractivity (Wildman–Crippen MR) is 60.6 cm³/mol. The van der Waals surface area contributed by atoms with Crippen LogP contribution in [0.3, 0.4) is 0 Å². The summed E-state index contributed by atoms with van der Waals surface area (Å²) in [6, 6.07) is 0. The first-order valence-electron chi connectivity index (χ1n) is 6.57. The first-order chi connectivity index (χ1) is 7.28. The maximum absolute atomic E-state index is 10.5. The lowest BCUT2D eigenvalue weighted by molar-refractivity contribution is -0.0566. The number of rotatable bonds is 3. The second-order valence-corrected chi connectivity index (χ2v) is 5.57. The molecule has 0 saturated heterocycles. The largest absolute Gasteiger partial charge is 0.396 e. The van der Waals surface area contributed by atoms with Crippen LogP contribution in [0.4, 0.5) is 0 Å². The molecule has 0 bridgehead atoms. The molecule has 0 aromatic heterocycles. The minimum atomic E-state index is -0.245. The van der Waals surface area contributed by atoms with Gasteiger partial charge in [-0.05, 0) is 31.6 Å². The Bertz CT molecular complexity index is 191. The Balaban J connectivity index is 2.00. The highest BCUT2D eigenvalue weighted by atomic mass is 16.3. The zero-order chi connectivity index (χ0) is 10.7. The summed E-state index contributed by atoms with van der Waals surface area (Å²) >= 11 is 0. The SMILES string of the molecule is OCC1([C@@H](O)C2CCCCC2)CCCC1. The molecule has 88 valence electrons. The van der Waals surface area contributed by atoms with E-state index in [9.17, 15) is 10.2 Å². The smallest absolute Gasteiger partial charge is 0.0646 e. The topological polar surface area (TPSA) is 40.5 Å². The van der Waals surface area contributed by atoms with E-state index in [1.807, 2.05) is 0 Å². The summed E-state index contributed by atoms with van der Waals surface area (Å²) in [6.07, 6.45) is 10.4. The normalized spacial score (nSPS) is 29.2. The van der Waals surface area contributed by atoms with Crippen LogP contribution < -0.4 is 0 Å². The van der Waals surface area contributed by atoms with Crippen molar-refractivity contribution in [3.05, 3.63) is 0 Å². The zero-order valence-corrected chi connectivity index (χ0v) is 9.62. The van der Waals surface area contributed by atoms with Gasteiger partial charge in [-0.1, -0.05) is 32.1 Å². The highest BCUT2D eigenvalue weighted by Gasteiger charge is 2.43. The molecule has 2 aliphatic rings. The maximum atomic E-state index is 10.5. The van der Waals surface area contributed by atoms with E-state index in [0.717, 1.165) is 12.8 Å². The molecule has 2 saturated carbocycles. The lowest BCUT2D eigenvalue weighted by atomic mass is 9.71. The van der Waals surface area contributed by atoms with E-state index in [1.165, 1.54) is 44.9 Å². The van der Waals surface area contributed by atoms with Gasteiger partial charge in [0.2, 0.25) is 0 Å². The van der Waals surface area contributed by atoms with Crippen LogP contribution >= 0.6 is 0 Å². The highest BCUT2D eigenvalue weighted by molar-refractivity contribution is 4.93. The summed E-state index contributed by atoms with van der Waals surface area (Å²) in [5.74, 6) is 0.462. The number of aliphatic hydroxyl groups is 2. The van der Waals surface area contributed by atoms with Gasteiger partial charge in [-0.15, -0.1) is 0 Å². The molecule has 0 radical (unpaired) electrons. The molecule has 2 heteroatoms. The van der Waals surface area contributed by atoms with Crippen LogP contribution in [-0.2, 0) is 0 Å². The Kier molecular flexibility index (Phi) is 3.68. The van der Waals surface area contributed by atoms with E-state index >= 15 is 0 Å². The zero-order valence-electron chi connectivity index (χ0n) is 9.62. The molecule has 2 nitrogen and oxygen atoms in total. The summed E-state index contributed by atoms with van der Waals surface area (Å²) in [5, 5.41) is 20.0. The van der Waals surface area contributed by atoms with Gasteiger partial charge in [-0.25, -0.2) is 0 Å². The van der Waals surface area contributed by atoms with Gasteiger partial charge in [0, 0.05) is 5.41 Å². The Morgan fingerprint density at radius 2 is 1.60 bits per heavy atom. The number of hydrogen-bond acceptors (Lipinski definition) is 2. The first-order valence-corrected chi connectivity index (χ1v) is 6.57. The van der Waals surface area contributed by atoms with Crippen molar-refractivity contribution in [2.75, 3.05) is 6.61 Å². The van der Waals surface area contributed by atoms with Gasteiger partial charge >= 0.3 is 0 Å². The second kappa shape index (κ2) is 4.84. The molecule has 0 aromatic rings. The van der Waals surface area contributed by atoms with Crippen molar-refractivity contribution in [3.63, 3.8) is 0 Å². The van der Waals surface area contributed by atoms with Crippen molar-refractivity contribution in [1.29, 1.82) is 0 Å². The van der Waals surface area contributed by atoms with Gasteiger partial charge in [0.15, 0.2) is 0 Å². The molecular formula is C13H24O2. The van der Waals surface area contributed by atoms with Crippen LogP contribution in [0.5, 0.6) is 0 Å². The lowest BCUT2D eigenvalue weighted by Crippen LogP contribution is -2.42. The van der Waals surface area contributed by atoms with Crippen LogP contribution in [0.25, 0.3) is 0 Å². The average molecular weight is 212 g/mol. The molecule has 2 aliphatic carbocycles. The molecule has 0 amide bonds. The van der Waals surface area contributed by atoms with E-state index in [4.69, 9.17) is 0 Å². The molecule has 0 spiro atoms. The van der Waals surface area contributed by atoms with Gasteiger partial charge < -0.3 is 10.2 Å². The fourth-order valence-corrected chi connectivity index (χ4v) is 3.58. The van der Waals surface area contributed by atoms with Crippen molar-refractivity contribution in [3.8, 4) is 0 Å². The highest BCUT2D eigenvalue weighted by Crippen LogP contribution is 2.45. The summed E-state index contributed by atoms with van der Waals surface area (Å²) in [6.45, 7) is 0.185. The Morgan fingerprint density at radius 1 is 1.00 bits per heavy atom. The maximum Gasteiger partial charge on any atom is 0.0646 e. The molecule has 0 aromatic carbocycles. The molecule has 2 fully saturated rings. The molecule has 0 heterocycles. The van der Waals surface area contributed by atoms with E-state index in [-0.39, 0.29) is 18.1 Å². The monoisotopic (exact) mass is 212 g/mol. The average Bonchev–Trinajstić information content (AvgIpc) is 2.79. The molecule has 2 rings (SSSR count). The van der Waals surface area contributed by atoms with E-state index < -0.39 is 0 Å². The van der Waals surface area contributed by atoms with Gasteiger partial charge in [0.25, 0.3) is 0 Å². The van der Waals surface area contributed by atoms with Crippen molar-refractivity contribution in [2.24, 2.45) is 11.3 Å². The van der Waals surface area contributed by atoms with Gasteiger partial charge in [-0.2, -0.15) is 0 Å². The predicted octanol–water partition coefficient (Wildman–Crippen LogP) is 2.48. The third kappa shape index (κ3) is 2.21. The molecule has 1 atom stereocenters. The Labute approximate surface area is 92.7 Å². The van der Waals surface area contributed by atoms with Crippen LogP contribution in [0.1, 0.15) is 57.8 Å². The van der Waals surface area contributed by atoms with Crippen molar-refractivity contribution in [1.82, 2.24) is 0 Å². The fraction of sp³-hybridized carbons (Fsp3) is 1.00. The molecule has 15 heavy (non-hydrogen) atoms. The molecular weight excluding hydrogens is 188 g/mol. The standard InChI is InChI=1S/C13H24O2/c14-10-13(8-4-5-9-13)12(15)11-6-2-1-3-7-11/h11-12,14-15H,1-10H2/t12-/m0/s1. The molecule has 0 unspecified atom stereocenters. The summed E-state index contributed by atoms with van der Waals surface area (Å²) in [4.78, 5) is 0. The fourth-order valence-electron chi connectivity index (χ4n) is 3.58. The summed E-state index contributed by atoms with van der Waals surface area (Å²) in [7, 11) is 0. The number of aliphatic hydroxyl groups excluding tert-OH is 2. The minimum Gasteiger partial charge on any atom is -0.396 e. The van der Waals surface area contributed by atoms with Crippen LogP contribution in [0.15, 0.2) is 0 Å². The van der Waals surface area contributed by atoms with E-state index in [1.54, 1.807) is 0 Å². The summed E-state index contributed by atoms with van der Waals surface area (Å²) < 4.78 is 0. The van der Waals surface area contributed by atoms with Crippen LogP contribution in [0.2, 0.25) is 0 Å². The Morgan fingerprint density at radius 3 is 2.13 bits per heavy atom. The number of hydrogen-bond donors (Lipinski definition) is 2. The lowest BCUT2D eigenvalue weighted by Gasteiger charge is -2.39. The minimum absolute atomic E-state index is 0.137. The second-order valence-electron chi connectivity index (χ2n) is 5.57. The third-order valence-electron chi connectivity index (χ3n) is 4.64. The first kappa shape index (κ1) is 11.4. The summed E-state index contributed by atoms with van der Waals surface area (Å²) in [5.41, 5.74) is -0.137. The van der Waals surface area contributed by atoms with Crippen LogP contribution in [0, 0.1) is 11.3 Å². The van der Waals surface area contributed by atoms with Crippen molar-refractivity contribution < 1.29 is 10.2 Å². The third-order valence-corrected chi connectivity index (χ3v) is 4.64. The Hall–Kier alpha value is -0.0800. The van der Waals surface area contributed by atoms with Crippen LogP contribution in [-0.4, -0.2) is 22.9 Å². The van der Waals surface area contributed by atoms with Crippen molar-refractivity contribution >= 4 is 0 Å². The van der Waals surface area contributed by atoms with E-state index in [0.29, 0.717) is 5.92 Å². The molecule has 0 aliphatic heterocycles. The van der Waals surface area contributed by atoms with Gasteiger partial charge in [0.05, 0.1) is 12.7 Å². The van der Waals surface area contributed by atoms with Gasteiger partial charge in [-0.3, -0.25) is 0 Å². The van der Waals surface area contributed by atoms with E-state index in [2.05, 4.69) is 0 Å². The van der Waals surface area contributed by atoms with Crippen molar-refractivity contribution in [2.45, 2.75) is 63.9 Å². The molecule has 2 N–H and O–H groups in total. The quantitative estimate of drug-likeness (QED) is 0.754.